The van der Waals surface area contributed by atoms with E-state index in [-0.39, 0.29) is 0 Å². The highest BCUT2D eigenvalue weighted by atomic mass is 15.1. The van der Waals surface area contributed by atoms with Crippen LogP contribution < -0.4 is 5.32 Å². The molecule has 0 saturated heterocycles. The Morgan fingerprint density at radius 3 is 2.43 bits per heavy atom. The third kappa shape index (κ3) is 4.96. The molecule has 124 valence electrons. The fraction of sp³-hybridized carbons (Fsp3) is 1.00. The van der Waals surface area contributed by atoms with Gasteiger partial charge in [0.1, 0.15) is 0 Å². The Morgan fingerprint density at radius 2 is 1.76 bits per heavy atom. The number of hydrogen-bond donors (Lipinski definition) is 1. The molecule has 2 heteroatoms. The summed E-state index contributed by atoms with van der Waals surface area (Å²) in [5.41, 5.74) is 0.478. The first kappa shape index (κ1) is 17.3. The lowest BCUT2D eigenvalue weighted by Crippen LogP contribution is -2.46. The lowest BCUT2D eigenvalue weighted by molar-refractivity contribution is 0.176. The third-order valence-corrected chi connectivity index (χ3v) is 5.93. The third-order valence-electron chi connectivity index (χ3n) is 5.93. The van der Waals surface area contributed by atoms with E-state index >= 15 is 0 Å². The zero-order valence-corrected chi connectivity index (χ0v) is 15.0. The van der Waals surface area contributed by atoms with Gasteiger partial charge in [0.15, 0.2) is 0 Å². The number of nitrogens with one attached hydrogen (secondary N) is 1. The molecular formula is C19H38N2. The summed E-state index contributed by atoms with van der Waals surface area (Å²) in [6.07, 6.45) is 11.4. The summed E-state index contributed by atoms with van der Waals surface area (Å²) in [7, 11) is 2.36. The maximum Gasteiger partial charge on any atom is 0.0159 e. The first-order chi connectivity index (χ1) is 10.0. The average molecular weight is 295 g/mol. The van der Waals surface area contributed by atoms with Gasteiger partial charge in [0.2, 0.25) is 0 Å². The first-order valence-corrected chi connectivity index (χ1v) is 9.45. The molecule has 0 aromatic carbocycles. The van der Waals surface area contributed by atoms with E-state index in [0.29, 0.717) is 11.5 Å². The van der Waals surface area contributed by atoms with Crippen LogP contribution in [0.5, 0.6) is 0 Å². The zero-order valence-electron chi connectivity index (χ0n) is 15.0. The Kier molecular flexibility index (Phi) is 6.55. The molecule has 0 heterocycles. The molecular weight excluding hydrogens is 256 g/mol. The molecule has 2 nitrogen and oxygen atoms in total. The van der Waals surface area contributed by atoms with Gasteiger partial charge in [-0.2, -0.15) is 0 Å². The van der Waals surface area contributed by atoms with Crippen molar-refractivity contribution < 1.29 is 0 Å². The number of hydrogen-bond acceptors (Lipinski definition) is 2. The molecule has 21 heavy (non-hydrogen) atoms. The van der Waals surface area contributed by atoms with Crippen molar-refractivity contribution >= 4 is 0 Å². The summed E-state index contributed by atoms with van der Waals surface area (Å²) in [5.74, 6) is 1.82. The Bertz CT molecular complexity index is 294. The Labute approximate surface area is 133 Å². The summed E-state index contributed by atoms with van der Waals surface area (Å²) in [5, 5.41) is 3.85. The fourth-order valence-corrected chi connectivity index (χ4v) is 4.74. The van der Waals surface area contributed by atoms with Gasteiger partial charge < -0.3 is 10.2 Å². The minimum atomic E-state index is 0.478. The summed E-state index contributed by atoms with van der Waals surface area (Å²) in [6.45, 7) is 11.0. The highest BCUT2D eigenvalue weighted by molar-refractivity contribution is 4.97. The van der Waals surface area contributed by atoms with E-state index < -0.39 is 0 Å². The normalized spacial score (nSPS) is 30.1. The van der Waals surface area contributed by atoms with Crippen molar-refractivity contribution in [2.45, 2.75) is 78.2 Å². The van der Waals surface area contributed by atoms with Crippen LogP contribution in [0.4, 0.5) is 0 Å². The number of nitrogens with zero attached hydrogens (tertiary/aromatic N) is 1. The van der Waals surface area contributed by atoms with Gasteiger partial charge in [-0.15, -0.1) is 0 Å². The lowest BCUT2D eigenvalue weighted by atomic mass is 9.84. The van der Waals surface area contributed by atoms with Crippen molar-refractivity contribution in [3.63, 3.8) is 0 Å². The van der Waals surface area contributed by atoms with Crippen LogP contribution >= 0.6 is 0 Å². The van der Waals surface area contributed by atoms with E-state index in [1.165, 1.54) is 71.0 Å². The van der Waals surface area contributed by atoms with Gasteiger partial charge in [-0.05, 0) is 62.9 Å². The summed E-state index contributed by atoms with van der Waals surface area (Å²) < 4.78 is 0. The molecule has 0 aliphatic heterocycles. The van der Waals surface area contributed by atoms with Crippen LogP contribution in [0.1, 0.15) is 72.1 Å². The van der Waals surface area contributed by atoms with Gasteiger partial charge in [0.05, 0.1) is 0 Å². The zero-order chi connectivity index (χ0) is 15.3. The van der Waals surface area contributed by atoms with Crippen LogP contribution in [0.15, 0.2) is 0 Å². The molecule has 2 atom stereocenters. The van der Waals surface area contributed by atoms with Crippen LogP contribution in [-0.2, 0) is 0 Å². The topological polar surface area (TPSA) is 15.3 Å². The van der Waals surface area contributed by atoms with Crippen molar-refractivity contribution in [2.24, 2.45) is 17.3 Å². The van der Waals surface area contributed by atoms with Gasteiger partial charge in [0.25, 0.3) is 0 Å². The van der Waals surface area contributed by atoms with Crippen LogP contribution in [0.3, 0.4) is 0 Å². The lowest BCUT2D eigenvalue weighted by Gasteiger charge is -2.35. The Balaban J connectivity index is 1.81. The largest absolute Gasteiger partial charge is 0.313 e. The summed E-state index contributed by atoms with van der Waals surface area (Å²) >= 11 is 0. The van der Waals surface area contributed by atoms with Gasteiger partial charge in [0, 0.05) is 19.1 Å². The minimum absolute atomic E-state index is 0.478. The molecule has 2 fully saturated rings. The molecule has 2 rings (SSSR count). The second kappa shape index (κ2) is 7.97. The highest BCUT2D eigenvalue weighted by Gasteiger charge is 2.41. The monoisotopic (exact) mass is 294 g/mol. The Morgan fingerprint density at radius 1 is 1.05 bits per heavy atom. The summed E-state index contributed by atoms with van der Waals surface area (Å²) in [6, 6.07) is 0.714. The van der Waals surface area contributed by atoms with Gasteiger partial charge in [-0.1, -0.05) is 40.0 Å². The van der Waals surface area contributed by atoms with Crippen molar-refractivity contribution in [3.05, 3.63) is 0 Å². The maximum atomic E-state index is 3.85. The van der Waals surface area contributed by atoms with Crippen LogP contribution in [-0.4, -0.2) is 37.6 Å². The smallest absolute Gasteiger partial charge is 0.0159 e. The predicted octanol–water partition coefficient (Wildman–Crippen LogP) is 4.30. The second-order valence-electron chi connectivity index (χ2n) is 8.44. The van der Waals surface area contributed by atoms with E-state index in [2.05, 4.69) is 38.0 Å². The second-order valence-corrected chi connectivity index (χ2v) is 8.44. The van der Waals surface area contributed by atoms with Crippen LogP contribution in [0.2, 0.25) is 0 Å². The molecule has 2 saturated carbocycles. The van der Waals surface area contributed by atoms with Gasteiger partial charge in [-0.3, -0.25) is 0 Å². The van der Waals surface area contributed by atoms with Gasteiger partial charge in [-0.25, -0.2) is 0 Å². The molecule has 0 amide bonds. The molecule has 0 aromatic rings. The quantitative estimate of drug-likeness (QED) is 0.753. The fourth-order valence-electron chi connectivity index (χ4n) is 4.74. The van der Waals surface area contributed by atoms with E-state index in [1.54, 1.807) is 0 Å². The standard InChI is InChI=1S/C19H38N2/c1-5-13-20-18-17(11-12-19(18,2)3)15-21(4)14-16-9-7-6-8-10-16/h16-18,20H,5-15H2,1-4H3. The maximum absolute atomic E-state index is 3.85. The molecule has 0 aromatic heterocycles. The molecule has 2 aliphatic rings. The molecule has 0 radical (unpaired) electrons. The van der Waals surface area contributed by atoms with Crippen LogP contribution in [0, 0.1) is 17.3 Å². The van der Waals surface area contributed by atoms with E-state index in [1.807, 2.05) is 0 Å². The average Bonchev–Trinajstić information content (AvgIpc) is 2.72. The highest BCUT2D eigenvalue weighted by Crippen LogP contribution is 2.41. The van der Waals surface area contributed by atoms with E-state index in [9.17, 15) is 0 Å². The SMILES string of the molecule is CCCNC1C(CN(C)CC2CCCCC2)CCC1(C)C. The van der Waals surface area contributed by atoms with Crippen molar-refractivity contribution in [1.29, 1.82) is 0 Å². The van der Waals surface area contributed by atoms with Crippen molar-refractivity contribution in [1.82, 2.24) is 10.2 Å². The van der Waals surface area contributed by atoms with Crippen molar-refractivity contribution in [3.8, 4) is 0 Å². The van der Waals surface area contributed by atoms with Crippen LogP contribution in [0.25, 0.3) is 0 Å². The molecule has 2 unspecified atom stereocenters. The predicted molar refractivity (Wildman–Crippen MR) is 92.7 cm³/mol. The number of rotatable bonds is 7. The molecule has 0 bridgehead atoms. The Hall–Kier alpha value is -0.0800. The van der Waals surface area contributed by atoms with E-state index in [4.69, 9.17) is 0 Å². The van der Waals surface area contributed by atoms with E-state index in [0.717, 1.165) is 11.8 Å². The first-order valence-electron chi connectivity index (χ1n) is 9.45. The molecule has 1 N–H and O–H groups in total. The summed E-state index contributed by atoms with van der Waals surface area (Å²) in [4.78, 5) is 2.64. The van der Waals surface area contributed by atoms with Gasteiger partial charge >= 0.3 is 0 Å². The van der Waals surface area contributed by atoms with Crippen molar-refractivity contribution in [2.75, 3.05) is 26.7 Å². The molecule has 2 aliphatic carbocycles. The molecule has 0 spiro atoms. The minimum Gasteiger partial charge on any atom is -0.313 e.